The maximum Gasteiger partial charge on any atom is 0.194 e. The first-order chi connectivity index (χ1) is 13.9. The smallest absolute Gasteiger partial charge is 0.194 e. The van der Waals surface area contributed by atoms with Gasteiger partial charge in [0.15, 0.2) is 5.96 Å². The van der Waals surface area contributed by atoms with Crippen molar-refractivity contribution in [3.63, 3.8) is 0 Å². The largest absolute Gasteiger partial charge is 0.469 e. The highest BCUT2D eigenvalue weighted by atomic mass is 16.5. The van der Waals surface area contributed by atoms with Crippen molar-refractivity contribution in [1.29, 1.82) is 0 Å². The van der Waals surface area contributed by atoms with Crippen LogP contribution in [0.5, 0.6) is 0 Å². The molecule has 6 nitrogen and oxygen atoms in total. The van der Waals surface area contributed by atoms with Crippen molar-refractivity contribution < 1.29 is 9.15 Å². The molecule has 1 N–H and O–H groups in total. The molecule has 0 amide bonds. The van der Waals surface area contributed by atoms with Crippen LogP contribution in [0.15, 0.2) is 27.8 Å². The van der Waals surface area contributed by atoms with Crippen molar-refractivity contribution in [2.24, 2.45) is 10.9 Å². The molecule has 156 valence electrons. The topological polar surface area (TPSA) is 53.2 Å². The molecular formula is C22H36N4O2. The Bertz CT molecular complexity index is 592. The summed E-state index contributed by atoms with van der Waals surface area (Å²) in [5.41, 5.74) is 0. The molecular weight excluding hydrogens is 352 g/mol. The number of nitrogens with one attached hydrogen (secondary N) is 1. The Balaban J connectivity index is 1.33. The third kappa shape index (κ3) is 5.51. The summed E-state index contributed by atoms with van der Waals surface area (Å²) < 4.78 is 11.0. The molecule has 4 rings (SSSR count). The lowest BCUT2D eigenvalue weighted by atomic mass is 9.89. The average molecular weight is 389 g/mol. The lowest BCUT2D eigenvalue weighted by molar-refractivity contribution is 0.0195. The Labute approximate surface area is 169 Å². The summed E-state index contributed by atoms with van der Waals surface area (Å²) in [6, 6.07) is 4.64. The molecule has 0 spiro atoms. The zero-order valence-corrected chi connectivity index (χ0v) is 17.2. The number of furan rings is 1. The van der Waals surface area contributed by atoms with Crippen LogP contribution in [0.3, 0.4) is 0 Å². The van der Waals surface area contributed by atoms with E-state index < -0.39 is 0 Å². The fraction of sp³-hybridized carbons (Fsp3) is 0.773. The number of ether oxygens (including phenoxy) is 1. The highest BCUT2D eigenvalue weighted by Gasteiger charge is 2.30. The normalized spacial score (nSPS) is 25.4. The van der Waals surface area contributed by atoms with Crippen LogP contribution in [0, 0.1) is 5.92 Å². The first-order valence-electron chi connectivity index (χ1n) is 11.3. The minimum atomic E-state index is 0.635. The van der Waals surface area contributed by atoms with Crippen LogP contribution in [0.2, 0.25) is 0 Å². The number of rotatable bonds is 6. The number of guanidine groups is 1. The number of likely N-dealkylation sites (tertiary alicyclic amines) is 1. The second-order valence-corrected chi connectivity index (χ2v) is 8.46. The van der Waals surface area contributed by atoms with E-state index in [-0.39, 0.29) is 0 Å². The van der Waals surface area contributed by atoms with Crippen molar-refractivity contribution in [3.8, 4) is 0 Å². The van der Waals surface area contributed by atoms with E-state index in [1.54, 1.807) is 6.26 Å². The predicted octanol–water partition coefficient (Wildman–Crippen LogP) is 2.75. The molecule has 2 saturated heterocycles. The third-order valence-corrected chi connectivity index (χ3v) is 6.48. The van der Waals surface area contributed by atoms with E-state index in [9.17, 15) is 0 Å². The van der Waals surface area contributed by atoms with Crippen molar-refractivity contribution in [2.75, 3.05) is 52.5 Å². The zero-order valence-electron chi connectivity index (χ0n) is 17.2. The van der Waals surface area contributed by atoms with Gasteiger partial charge < -0.3 is 19.4 Å². The molecule has 3 fully saturated rings. The molecule has 28 heavy (non-hydrogen) atoms. The van der Waals surface area contributed by atoms with Crippen LogP contribution < -0.4 is 5.32 Å². The first-order valence-corrected chi connectivity index (χ1v) is 11.3. The van der Waals surface area contributed by atoms with Crippen LogP contribution in [0.25, 0.3) is 0 Å². The van der Waals surface area contributed by atoms with Crippen LogP contribution in [-0.2, 0) is 11.2 Å². The van der Waals surface area contributed by atoms with E-state index in [1.165, 1.54) is 38.5 Å². The van der Waals surface area contributed by atoms with Gasteiger partial charge in [-0.15, -0.1) is 0 Å². The molecule has 1 aliphatic carbocycles. The highest BCUT2D eigenvalue weighted by molar-refractivity contribution is 5.80. The molecule has 0 bridgehead atoms. The maximum absolute atomic E-state index is 5.53. The quantitative estimate of drug-likeness (QED) is 0.600. The van der Waals surface area contributed by atoms with Gasteiger partial charge in [-0.3, -0.25) is 9.89 Å². The molecule has 1 unspecified atom stereocenters. The van der Waals surface area contributed by atoms with Gasteiger partial charge >= 0.3 is 0 Å². The van der Waals surface area contributed by atoms with Gasteiger partial charge in [-0.25, -0.2) is 0 Å². The second-order valence-electron chi connectivity index (χ2n) is 8.46. The highest BCUT2D eigenvalue weighted by Crippen LogP contribution is 2.24. The van der Waals surface area contributed by atoms with E-state index in [0.29, 0.717) is 6.04 Å². The van der Waals surface area contributed by atoms with E-state index in [0.717, 1.165) is 76.5 Å². The number of nitrogens with zero attached hydrogens (tertiary/aromatic N) is 3. The van der Waals surface area contributed by atoms with Gasteiger partial charge in [0.25, 0.3) is 0 Å². The van der Waals surface area contributed by atoms with Crippen molar-refractivity contribution in [2.45, 2.75) is 51.0 Å². The van der Waals surface area contributed by atoms with Gasteiger partial charge in [0.2, 0.25) is 0 Å². The summed E-state index contributed by atoms with van der Waals surface area (Å²) in [5.74, 6) is 2.91. The summed E-state index contributed by atoms with van der Waals surface area (Å²) in [4.78, 5) is 10.2. The molecule has 6 heteroatoms. The van der Waals surface area contributed by atoms with Crippen molar-refractivity contribution in [1.82, 2.24) is 15.1 Å². The van der Waals surface area contributed by atoms with Crippen molar-refractivity contribution >= 4 is 5.96 Å². The summed E-state index contributed by atoms with van der Waals surface area (Å²) >= 11 is 0. The standard InChI is InChI=1S/C22H36N4O2/c1-2-5-19(6-3-1)17-24-22(23-10-8-21-7-4-14-28-21)26-11-9-20(18-26)25-12-15-27-16-13-25/h4,7,14,19-20H,1-3,5-6,8-13,15-18H2,(H,23,24). The fourth-order valence-corrected chi connectivity index (χ4v) is 4.78. The summed E-state index contributed by atoms with van der Waals surface area (Å²) in [6.45, 7) is 7.91. The van der Waals surface area contributed by atoms with Gasteiger partial charge in [0, 0.05) is 51.7 Å². The van der Waals surface area contributed by atoms with E-state index in [2.05, 4.69) is 15.1 Å². The SMILES string of the molecule is c1coc(CCNC(=NCC2CCCCC2)N2CCC(N3CCOCC3)C2)c1. The van der Waals surface area contributed by atoms with Crippen LogP contribution in [0.4, 0.5) is 0 Å². The van der Waals surface area contributed by atoms with E-state index >= 15 is 0 Å². The fourth-order valence-electron chi connectivity index (χ4n) is 4.78. The molecule has 3 heterocycles. The van der Waals surface area contributed by atoms with Crippen molar-refractivity contribution in [3.05, 3.63) is 24.2 Å². The minimum Gasteiger partial charge on any atom is -0.469 e. The summed E-state index contributed by atoms with van der Waals surface area (Å²) in [7, 11) is 0. The lowest BCUT2D eigenvalue weighted by Crippen LogP contribution is -2.47. The second kappa shape index (κ2) is 10.3. The lowest BCUT2D eigenvalue weighted by Gasteiger charge is -2.32. The van der Waals surface area contributed by atoms with E-state index in [4.69, 9.17) is 14.1 Å². The van der Waals surface area contributed by atoms with Gasteiger partial charge in [-0.1, -0.05) is 19.3 Å². The maximum atomic E-state index is 5.53. The van der Waals surface area contributed by atoms with Gasteiger partial charge in [-0.05, 0) is 37.3 Å². The van der Waals surface area contributed by atoms with Gasteiger partial charge in [-0.2, -0.15) is 0 Å². The first kappa shape index (κ1) is 19.8. The average Bonchev–Trinajstić information content (AvgIpc) is 3.44. The number of hydrogen-bond donors (Lipinski definition) is 1. The summed E-state index contributed by atoms with van der Waals surface area (Å²) in [5, 5.41) is 3.64. The molecule has 0 aromatic carbocycles. The van der Waals surface area contributed by atoms with Gasteiger partial charge in [0.05, 0.1) is 19.5 Å². The number of aliphatic imine (C=N–C) groups is 1. The molecule has 1 saturated carbocycles. The Morgan fingerprint density at radius 3 is 2.75 bits per heavy atom. The summed E-state index contributed by atoms with van der Waals surface area (Å²) in [6.07, 6.45) is 10.7. The van der Waals surface area contributed by atoms with Gasteiger partial charge in [0.1, 0.15) is 5.76 Å². The Morgan fingerprint density at radius 1 is 1.11 bits per heavy atom. The Hall–Kier alpha value is -1.53. The number of hydrogen-bond acceptors (Lipinski definition) is 4. The Morgan fingerprint density at radius 2 is 1.96 bits per heavy atom. The minimum absolute atomic E-state index is 0.635. The predicted molar refractivity (Wildman–Crippen MR) is 112 cm³/mol. The monoisotopic (exact) mass is 388 g/mol. The molecule has 0 radical (unpaired) electrons. The third-order valence-electron chi connectivity index (χ3n) is 6.48. The van der Waals surface area contributed by atoms with Crippen LogP contribution >= 0.6 is 0 Å². The molecule has 1 aromatic rings. The van der Waals surface area contributed by atoms with E-state index in [1.807, 2.05) is 12.1 Å². The molecule has 1 aromatic heterocycles. The molecule has 2 aliphatic heterocycles. The Kier molecular flexibility index (Phi) is 7.28. The molecule has 3 aliphatic rings. The van der Waals surface area contributed by atoms with Crippen LogP contribution in [-0.4, -0.2) is 74.3 Å². The van der Waals surface area contributed by atoms with Crippen LogP contribution in [0.1, 0.15) is 44.3 Å². The molecule has 1 atom stereocenters. The zero-order chi connectivity index (χ0) is 19.0. The number of morpholine rings is 1.